The number of benzene rings is 2. The first kappa shape index (κ1) is 22.0. The van der Waals surface area contributed by atoms with Crippen LogP contribution in [0.25, 0.3) is 0 Å². The highest BCUT2D eigenvalue weighted by molar-refractivity contribution is 7.92. The molecule has 0 bridgehead atoms. The Morgan fingerprint density at radius 3 is 2.29 bits per heavy atom. The Morgan fingerprint density at radius 1 is 1.07 bits per heavy atom. The molecule has 0 atom stereocenters. The Morgan fingerprint density at radius 2 is 1.71 bits per heavy atom. The summed E-state index contributed by atoms with van der Waals surface area (Å²) < 4.78 is 92.8. The summed E-state index contributed by atoms with van der Waals surface area (Å²) in [5.41, 5.74) is -1.45. The lowest BCUT2D eigenvalue weighted by atomic mass is 9.91. The van der Waals surface area contributed by atoms with Gasteiger partial charge in [-0.05, 0) is 30.7 Å². The van der Waals surface area contributed by atoms with Crippen LogP contribution in [0.15, 0.2) is 30.3 Å². The lowest BCUT2D eigenvalue weighted by Gasteiger charge is -2.17. The molecule has 0 aliphatic rings. The molecule has 28 heavy (non-hydrogen) atoms. The van der Waals surface area contributed by atoms with Crippen molar-refractivity contribution in [2.75, 3.05) is 15.8 Å². The molecule has 11 heteroatoms. The normalized spacial score (nSPS) is 12.1. The van der Waals surface area contributed by atoms with E-state index in [1.807, 2.05) is 0 Å². The molecule has 0 amide bonds. The van der Waals surface area contributed by atoms with Crippen LogP contribution in [0.1, 0.15) is 25.3 Å². The zero-order valence-corrected chi connectivity index (χ0v) is 15.9. The highest BCUT2D eigenvalue weighted by Gasteiger charge is 2.30. The average molecular weight is 420 g/mol. The Balaban J connectivity index is 2.41. The maximum absolute atomic E-state index is 14.3. The van der Waals surface area contributed by atoms with Crippen molar-refractivity contribution in [2.45, 2.75) is 25.9 Å². The first-order chi connectivity index (χ1) is 12.9. The van der Waals surface area contributed by atoms with Gasteiger partial charge in [0.15, 0.2) is 11.6 Å². The van der Waals surface area contributed by atoms with E-state index in [1.54, 1.807) is 6.92 Å². The summed E-state index contributed by atoms with van der Waals surface area (Å²) in [7, 11) is -2.44. The van der Waals surface area contributed by atoms with E-state index < -0.39 is 39.1 Å². The number of hydrogen-bond acceptors (Lipinski definition) is 3. The van der Waals surface area contributed by atoms with Crippen molar-refractivity contribution in [1.29, 1.82) is 0 Å². The fourth-order valence-corrected chi connectivity index (χ4v) is 3.70. The van der Waals surface area contributed by atoms with Crippen molar-refractivity contribution < 1.29 is 30.4 Å². The number of halogens is 5. The number of anilines is 3. The SMILES string of the molecule is Bc1cc(C(F)(F)F)ccc1Nc1c(NS(=O)(=O)CCCC)ccc(F)c1F. The molecule has 2 rings (SSSR count). The van der Waals surface area contributed by atoms with E-state index in [4.69, 9.17) is 0 Å². The Labute approximate surface area is 160 Å². The molecule has 0 saturated heterocycles. The van der Waals surface area contributed by atoms with Crippen molar-refractivity contribution in [3.05, 3.63) is 47.5 Å². The minimum Gasteiger partial charge on any atom is -0.352 e. The molecule has 0 radical (unpaired) electrons. The summed E-state index contributed by atoms with van der Waals surface area (Å²) in [5, 5.41) is 2.50. The van der Waals surface area contributed by atoms with Gasteiger partial charge in [-0.25, -0.2) is 17.2 Å². The number of alkyl halides is 3. The van der Waals surface area contributed by atoms with Crippen LogP contribution in [-0.4, -0.2) is 22.0 Å². The molecule has 0 aliphatic carbocycles. The molecule has 4 nitrogen and oxygen atoms in total. The summed E-state index contributed by atoms with van der Waals surface area (Å²) in [6, 6.07) is 4.52. The second-order valence-corrected chi connectivity index (χ2v) is 8.05. The fraction of sp³-hybridized carbons (Fsp3) is 0.294. The van der Waals surface area contributed by atoms with Crippen LogP contribution in [0.2, 0.25) is 0 Å². The van der Waals surface area contributed by atoms with Crippen LogP contribution >= 0.6 is 0 Å². The van der Waals surface area contributed by atoms with Gasteiger partial charge in [0, 0.05) is 5.69 Å². The molecule has 2 aromatic carbocycles. The predicted octanol–water partition coefficient (Wildman–Crippen LogP) is 3.53. The second-order valence-electron chi connectivity index (χ2n) is 6.21. The first-order valence-corrected chi connectivity index (χ1v) is 10.0. The zero-order valence-electron chi connectivity index (χ0n) is 15.1. The van der Waals surface area contributed by atoms with Crippen LogP contribution in [0, 0.1) is 11.6 Å². The lowest BCUT2D eigenvalue weighted by molar-refractivity contribution is -0.137. The van der Waals surface area contributed by atoms with Gasteiger partial charge >= 0.3 is 6.18 Å². The van der Waals surface area contributed by atoms with Gasteiger partial charge in [-0.1, -0.05) is 24.9 Å². The largest absolute Gasteiger partial charge is 0.416 e. The molecule has 0 saturated carbocycles. The number of rotatable bonds is 7. The van der Waals surface area contributed by atoms with Crippen LogP contribution in [0.4, 0.5) is 39.0 Å². The summed E-state index contributed by atoms with van der Waals surface area (Å²) >= 11 is 0. The summed E-state index contributed by atoms with van der Waals surface area (Å²) in [6.07, 6.45) is -3.55. The fourth-order valence-electron chi connectivity index (χ4n) is 2.43. The molecule has 152 valence electrons. The van der Waals surface area contributed by atoms with Gasteiger partial charge in [-0.3, -0.25) is 4.72 Å². The van der Waals surface area contributed by atoms with Gasteiger partial charge in [0.05, 0.1) is 17.0 Å². The highest BCUT2D eigenvalue weighted by Crippen LogP contribution is 2.33. The molecule has 2 aromatic rings. The van der Waals surface area contributed by atoms with Crippen LogP contribution in [0.5, 0.6) is 0 Å². The van der Waals surface area contributed by atoms with E-state index in [0.717, 1.165) is 30.3 Å². The van der Waals surface area contributed by atoms with Gasteiger partial charge in [0.2, 0.25) is 10.0 Å². The Hall–Kier alpha value is -2.30. The van der Waals surface area contributed by atoms with Crippen molar-refractivity contribution in [1.82, 2.24) is 0 Å². The van der Waals surface area contributed by atoms with E-state index in [1.165, 1.54) is 7.85 Å². The second kappa shape index (κ2) is 8.38. The standard InChI is InChI=1S/C17H18BF5N2O2S/c1-2-3-8-28(26,27)25-14-7-5-12(19)15(20)16(14)24-13-6-4-10(9-11(13)18)17(21,22)23/h4-7,9,24-25H,2-3,8,18H2,1H3. The minimum atomic E-state index is -4.55. The van der Waals surface area contributed by atoms with E-state index in [2.05, 4.69) is 10.0 Å². The van der Waals surface area contributed by atoms with Crippen molar-refractivity contribution in [2.24, 2.45) is 0 Å². The summed E-state index contributed by atoms with van der Waals surface area (Å²) in [6.45, 7) is 1.80. The van der Waals surface area contributed by atoms with Crippen molar-refractivity contribution in [3.63, 3.8) is 0 Å². The molecule has 0 aromatic heterocycles. The number of nitrogens with one attached hydrogen (secondary N) is 2. The molecule has 0 fully saturated rings. The van der Waals surface area contributed by atoms with Gasteiger partial charge in [0.1, 0.15) is 13.5 Å². The number of sulfonamides is 1. The summed E-state index contributed by atoms with van der Waals surface area (Å²) in [5.74, 6) is -2.79. The van der Waals surface area contributed by atoms with E-state index >= 15 is 0 Å². The Bertz CT molecular complexity index is 965. The molecule has 0 spiro atoms. The maximum Gasteiger partial charge on any atom is 0.416 e. The maximum atomic E-state index is 14.3. The van der Waals surface area contributed by atoms with Gasteiger partial charge in [-0.2, -0.15) is 13.2 Å². The molecule has 0 aliphatic heterocycles. The van der Waals surface area contributed by atoms with Crippen LogP contribution < -0.4 is 15.5 Å². The van der Waals surface area contributed by atoms with E-state index in [-0.39, 0.29) is 22.6 Å². The van der Waals surface area contributed by atoms with Gasteiger partial charge in [0.25, 0.3) is 0 Å². The molecule has 0 heterocycles. The third kappa shape index (κ3) is 5.37. The number of hydrogen-bond donors (Lipinski definition) is 2. The molecular formula is C17H18BF5N2O2S. The van der Waals surface area contributed by atoms with E-state index in [0.29, 0.717) is 12.8 Å². The topological polar surface area (TPSA) is 58.2 Å². The van der Waals surface area contributed by atoms with Gasteiger partial charge < -0.3 is 5.32 Å². The van der Waals surface area contributed by atoms with Crippen LogP contribution in [-0.2, 0) is 16.2 Å². The minimum absolute atomic E-state index is 0.0755. The summed E-state index contributed by atoms with van der Waals surface area (Å²) in [4.78, 5) is 0. The predicted molar refractivity (Wildman–Crippen MR) is 102 cm³/mol. The zero-order chi connectivity index (χ0) is 21.1. The van der Waals surface area contributed by atoms with Crippen LogP contribution in [0.3, 0.4) is 0 Å². The average Bonchev–Trinajstić information content (AvgIpc) is 2.60. The molecule has 2 N–H and O–H groups in total. The lowest BCUT2D eigenvalue weighted by Crippen LogP contribution is -2.19. The van der Waals surface area contributed by atoms with Gasteiger partial charge in [-0.15, -0.1) is 0 Å². The quantitative estimate of drug-likeness (QED) is 0.533. The van der Waals surface area contributed by atoms with Crippen molar-refractivity contribution >= 4 is 40.4 Å². The molecule has 0 unspecified atom stereocenters. The smallest absolute Gasteiger partial charge is 0.352 e. The number of unbranched alkanes of at least 4 members (excludes halogenated alkanes) is 1. The Kier molecular flexibility index (Phi) is 6.58. The first-order valence-electron chi connectivity index (χ1n) is 8.38. The molecular weight excluding hydrogens is 402 g/mol. The monoisotopic (exact) mass is 420 g/mol. The highest BCUT2D eigenvalue weighted by atomic mass is 32.2. The third-order valence-electron chi connectivity index (χ3n) is 3.94. The van der Waals surface area contributed by atoms with Crippen molar-refractivity contribution in [3.8, 4) is 0 Å². The third-order valence-corrected chi connectivity index (χ3v) is 5.30. The van der Waals surface area contributed by atoms with E-state index in [9.17, 15) is 30.4 Å².